The van der Waals surface area contributed by atoms with Crippen LogP contribution in [0.3, 0.4) is 0 Å². The third kappa shape index (κ3) is 4.21. The Morgan fingerprint density at radius 3 is 2.76 bits per heavy atom. The lowest BCUT2D eigenvalue weighted by molar-refractivity contribution is 0.863. The molecule has 0 unspecified atom stereocenters. The Bertz CT molecular complexity index is 640. The van der Waals surface area contributed by atoms with Crippen LogP contribution in [0.5, 0.6) is 0 Å². The van der Waals surface area contributed by atoms with Crippen LogP contribution in [0.1, 0.15) is 18.2 Å². The van der Waals surface area contributed by atoms with Crippen LogP contribution in [0.4, 0.5) is 0 Å². The number of aromatic nitrogens is 2. The zero-order valence-corrected chi connectivity index (χ0v) is 12.5. The summed E-state index contributed by atoms with van der Waals surface area (Å²) < 4.78 is 1.86. The zero-order chi connectivity index (χ0) is 15.2. The Hall–Kier alpha value is -2.56. The number of nitrogens with zero attached hydrogens (tertiary/aromatic N) is 3. The first kappa shape index (κ1) is 14.8. The first-order valence-electron chi connectivity index (χ1n) is 6.85. The van der Waals surface area contributed by atoms with E-state index in [0.717, 1.165) is 22.5 Å². The number of hydrogen-bond acceptors (Lipinski definition) is 2. The van der Waals surface area contributed by atoms with Gasteiger partial charge in [0.1, 0.15) is 0 Å². The lowest BCUT2D eigenvalue weighted by Gasteiger charge is -2.04. The molecule has 2 rings (SSSR count). The molecule has 1 aromatic carbocycles. The number of para-hydroxylation sites is 1. The molecule has 0 atom stereocenters. The lowest BCUT2D eigenvalue weighted by atomic mass is 10.3. The summed E-state index contributed by atoms with van der Waals surface area (Å²) in [5.41, 5.74) is 9.86. The smallest absolute Gasteiger partial charge is 0.189 e. The second kappa shape index (κ2) is 6.74. The highest BCUT2D eigenvalue weighted by Gasteiger charge is 2.05. The van der Waals surface area contributed by atoms with E-state index < -0.39 is 0 Å². The predicted octanol–water partition coefficient (Wildman–Crippen LogP) is 2.16. The van der Waals surface area contributed by atoms with Crippen LogP contribution in [0.25, 0.3) is 5.69 Å². The molecule has 0 aliphatic heterocycles. The van der Waals surface area contributed by atoms with E-state index in [1.54, 1.807) is 0 Å². The number of guanidine groups is 1. The van der Waals surface area contributed by atoms with E-state index in [1.165, 1.54) is 0 Å². The molecular formula is C16H21N5. The van der Waals surface area contributed by atoms with Gasteiger partial charge in [0, 0.05) is 18.3 Å². The summed E-state index contributed by atoms with van der Waals surface area (Å²) in [6.45, 7) is 8.87. The van der Waals surface area contributed by atoms with Gasteiger partial charge in [0.15, 0.2) is 5.96 Å². The SMILES string of the molecule is C=C(C)CNC(N)=NCc1cn(-c2ccccc2)nc1C. The molecule has 0 fully saturated rings. The molecule has 0 radical (unpaired) electrons. The molecule has 0 amide bonds. The van der Waals surface area contributed by atoms with Gasteiger partial charge in [0.05, 0.1) is 17.9 Å². The molecule has 5 heteroatoms. The van der Waals surface area contributed by atoms with Crippen LogP contribution in [0.15, 0.2) is 53.7 Å². The van der Waals surface area contributed by atoms with Crippen molar-refractivity contribution in [2.45, 2.75) is 20.4 Å². The van der Waals surface area contributed by atoms with Crippen LogP contribution < -0.4 is 11.1 Å². The lowest BCUT2D eigenvalue weighted by Crippen LogP contribution is -2.32. The minimum absolute atomic E-state index is 0.421. The topological polar surface area (TPSA) is 68.2 Å². The number of nitrogens with one attached hydrogen (secondary N) is 1. The van der Waals surface area contributed by atoms with E-state index >= 15 is 0 Å². The molecule has 0 aliphatic rings. The van der Waals surface area contributed by atoms with Gasteiger partial charge >= 0.3 is 0 Å². The first-order valence-corrected chi connectivity index (χ1v) is 6.85. The molecule has 1 heterocycles. The van der Waals surface area contributed by atoms with E-state index in [9.17, 15) is 0 Å². The number of benzene rings is 1. The van der Waals surface area contributed by atoms with Crippen molar-refractivity contribution in [1.82, 2.24) is 15.1 Å². The van der Waals surface area contributed by atoms with E-state index in [0.29, 0.717) is 19.0 Å². The third-order valence-electron chi connectivity index (χ3n) is 3.01. The normalized spacial score (nSPS) is 11.4. The Labute approximate surface area is 125 Å². The predicted molar refractivity (Wildman–Crippen MR) is 86.4 cm³/mol. The fourth-order valence-electron chi connectivity index (χ4n) is 1.83. The van der Waals surface area contributed by atoms with E-state index in [4.69, 9.17) is 5.73 Å². The summed E-state index contributed by atoms with van der Waals surface area (Å²) in [6.07, 6.45) is 1.99. The summed E-state index contributed by atoms with van der Waals surface area (Å²) in [4.78, 5) is 4.32. The maximum atomic E-state index is 5.81. The molecule has 0 saturated carbocycles. The molecule has 0 spiro atoms. The number of aliphatic imine (C=N–C) groups is 1. The van der Waals surface area contributed by atoms with Crippen molar-refractivity contribution in [1.29, 1.82) is 0 Å². The van der Waals surface area contributed by atoms with E-state index in [2.05, 4.69) is 22.0 Å². The molecule has 0 bridgehead atoms. The first-order chi connectivity index (χ1) is 10.1. The molecule has 21 heavy (non-hydrogen) atoms. The molecular weight excluding hydrogens is 262 g/mol. The van der Waals surface area contributed by atoms with Gasteiger partial charge in [-0.3, -0.25) is 0 Å². The Kier molecular flexibility index (Phi) is 4.77. The summed E-state index contributed by atoms with van der Waals surface area (Å²) in [6, 6.07) is 10.00. The monoisotopic (exact) mass is 283 g/mol. The van der Waals surface area contributed by atoms with Crippen LogP contribution in [-0.4, -0.2) is 22.3 Å². The third-order valence-corrected chi connectivity index (χ3v) is 3.01. The van der Waals surface area contributed by atoms with Gasteiger partial charge in [0.25, 0.3) is 0 Å². The highest BCUT2D eigenvalue weighted by molar-refractivity contribution is 5.78. The highest BCUT2D eigenvalue weighted by Crippen LogP contribution is 2.12. The molecule has 3 N–H and O–H groups in total. The Morgan fingerprint density at radius 1 is 1.38 bits per heavy atom. The van der Waals surface area contributed by atoms with Crippen LogP contribution in [0, 0.1) is 6.92 Å². The van der Waals surface area contributed by atoms with E-state index in [-0.39, 0.29) is 0 Å². The average Bonchev–Trinajstić information content (AvgIpc) is 2.85. The minimum atomic E-state index is 0.421. The molecule has 0 aliphatic carbocycles. The van der Waals surface area contributed by atoms with Crippen molar-refractivity contribution in [3.05, 3.63) is 59.9 Å². The zero-order valence-electron chi connectivity index (χ0n) is 12.5. The summed E-state index contributed by atoms with van der Waals surface area (Å²) >= 11 is 0. The minimum Gasteiger partial charge on any atom is -0.370 e. The summed E-state index contributed by atoms with van der Waals surface area (Å²) in [5.74, 6) is 0.421. The number of hydrogen-bond donors (Lipinski definition) is 2. The average molecular weight is 283 g/mol. The number of nitrogens with two attached hydrogens (primary N) is 1. The highest BCUT2D eigenvalue weighted by atomic mass is 15.3. The second-order valence-corrected chi connectivity index (χ2v) is 5.03. The van der Waals surface area contributed by atoms with Crippen molar-refractivity contribution in [3.8, 4) is 5.69 Å². The number of rotatable bonds is 5. The summed E-state index contributed by atoms with van der Waals surface area (Å²) in [5, 5.41) is 7.52. The largest absolute Gasteiger partial charge is 0.370 e. The molecule has 1 aromatic heterocycles. The standard InChI is InChI=1S/C16H21N5/c1-12(2)9-18-16(17)19-10-14-11-21(20-13(14)3)15-7-5-4-6-8-15/h4-8,11H,1,9-10H2,2-3H3,(H3,17,18,19). The van der Waals surface area contributed by atoms with Gasteiger partial charge in [-0.2, -0.15) is 5.10 Å². The van der Waals surface area contributed by atoms with Gasteiger partial charge < -0.3 is 11.1 Å². The molecule has 2 aromatic rings. The van der Waals surface area contributed by atoms with Gasteiger partial charge in [-0.05, 0) is 26.0 Å². The maximum Gasteiger partial charge on any atom is 0.189 e. The van der Waals surface area contributed by atoms with Crippen molar-refractivity contribution in [2.24, 2.45) is 10.7 Å². The molecule has 110 valence electrons. The Balaban J connectivity index is 2.06. The van der Waals surface area contributed by atoms with Crippen molar-refractivity contribution in [2.75, 3.05) is 6.54 Å². The van der Waals surface area contributed by atoms with Crippen LogP contribution >= 0.6 is 0 Å². The fraction of sp³-hybridized carbons (Fsp3) is 0.250. The quantitative estimate of drug-likeness (QED) is 0.502. The summed E-state index contributed by atoms with van der Waals surface area (Å²) in [7, 11) is 0. The van der Waals surface area contributed by atoms with Crippen molar-refractivity contribution < 1.29 is 0 Å². The van der Waals surface area contributed by atoms with Crippen molar-refractivity contribution >= 4 is 5.96 Å². The second-order valence-electron chi connectivity index (χ2n) is 5.03. The molecule has 0 saturated heterocycles. The van der Waals surface area contributed by atoms with Gasteiger partial charge in [-0.25, -0.2) is 9.67 Å². The van der Waals surface area contributed by atoms with Gasteiger partial charge in [0.2, 0.25) is 0 Å². The van der Waals surface area contributed by atoms with Crippen LogP contribution in [-0.2, 0) is 6.54 Å². The van der Waals surface area contributed by atoms with E-state index in [1.807, 2.05) is 55.1 Å². The van der Waals surface area contributed by atoms with Gasteiger partial charge in [-0.1, -0.05) is 30.4 Å². The number of aryl methyl sites for hydroxylation is 1. The van der Waals surface area contributed by atoms with Gasteiger partial charge in [-0.15, -0.1) is 0 Å². The Morgan fingerprint density at radius 2 is 2.10 bits per heavy atom. The maximum absolute atomic E-state index is 5.81. The molecule has 5 nitrogen and oxygen atoms in total. The van der Waals surface area contributed by atoms with Crippen molar-refractivity contribution in [3.63, 3.8) is 0 Å². The fourth-order valence-corrected chi connectivity index (χ4v) is 1.83. The van der Waals surface area contributed by atoms with Crippen LogP contribution in [0.2, 0.25) is 0 Å².